The molecule has 1 fully saturated rings. The summed E-state index contributed by atoms with van der Waals surface area (Å²) in [5.41, 5.74) is 5.50. The van der Waals surface area contributed by atoms with E-state index in [-0.39, 0.29) is 11.5 Å². The molecule has 0 unspecified atom stereocenters. The first-order valence-electron chi connectivity index (χ1n) is 11.6. The molecule has 0 aliphatic carbocycles. The highest BCUT2D eigenvalue weighted by Gasteiger charge is 2.19. The molecule has 0 radical (unpaired) electrons. The Morgan fingerprint density at radius 3 is 2.44 bits per heavy atom. The normalized spacial score (nSPS) is 13.5. The van der Waals surface area contributed by atoms with E-state index in [4.69, 9.17) is 4.98 Å². The number of likely N-dealkylation sites (tertiary alicyclic amines) is 1. The summed E-state index contributed by atoms with van der Waals surface area (Å²) >= 11 is 1.53. The Hall–Kier alpha value is -3.38. The number of fused-ring (bicyclic) bond motifs is 1. The highest BCUT2D eigenvalue weighted by atomic mass is 32.2. The number of aromatic nitrogens is 2. The lowest BCUT2D eigenvalue weighted by atomic mass is 10.1. The summed E-state index contributed by atoms with van der Waals surface area (Å²) in [5, 5.41) is 1.27. The highest BCUT2D eigenvalue weighted by molar-refractivity contribution is 7.98. The first kappa shape index (κ1) is 22.4. The molecule has 2 heterocycles. The van der Waals surface area contributed by atoms with Crippen LogP contribution in [0.25, 0.3) is 16.6 Å². The summed E-state index contributed by atoms with van der Waals surface area (Å²) < 4.78 is 1.74. The molecule has 0 N–H and O–H groups in total. The van der Waals surface area contributed by atoms with Gasteiger partial charge in [-0.2, -0.15) is 0 Å². The Morgan fingerprint density at radius 2 is 1.68 bits per heavy atom. The van der Waals surface area contributed by atoms with Gasteiger partial charge in [-0.1, -0.05) is 48.2 Å². The van der Waals surface area contributed by atoms with E-state index in [1.807, 2.05) is 72.5 Å². The molecule has 6 heteroatoms. The number of nitrogens with zero attached hydrogens (tertiary/aromatic N) is 3. The third-order valence-corrected chi connectivity index (χ3v) is 7.53. The van der Waals surface area contributed by atoms with Gasteiger partial charge in [-0.15, -0.1) is 0 Å². The van der Waals surface area contributed by atoms with Crippen molar-refractivity contribution in [2.75, 3.05) is 13.1 Å². The van der Waals surface area contributed by atoms with E-state index in [1.165, 1.54) is 11.8 Å². The fourth-order valence-corrected chi connectivity index (χ4v) is 5.36. The molecule has 1 aromatic heterocycles. The fraction of sp³-hybridized carbons (Fsp3) is 0.250. The Bertz CT molecular complexity index is 1420. The Kier molecular flexibility index (Phi) is 6.24. The fourth-order valence-electron chi connectivity index (χ4n) is 4.39. The average molecular weight is 470 g/mol. The molecule has 5 rings (SSSR count). The van der Waals surface area contributed by atoms with Crippen LogP contribution in [0.3, 0.4) is 0 Å². The van der Waals surface area contributed by atoms with E-state index >= 15 is 0 Å². The minimum absolute atomic E-state index is 0.0617. The van der Waals surface area contributed by atoms with Crippen LogP contribution in [0.1, 0.15) is 39.9 Å². The quantitative estimate of drug-likeness (QED) is 0.285. The van der Waals surface area contributed by atoms with E-state index < -0.39 is 0 Å². The second kappa shape index (κ2) is 9.47. The van der Waals surface area contributed by atoms with Crippen molar-refractivity contribution < 1.29 is 4.79 Å². The van der Waals surface area contributed by atoms with Gasteiger partial charge in [0.1, 0.15) is 0 Å². The number of carbonyl (C=O) groups is 1. The molecule has 172 valence electrons. The molecule has 1 amide bonds. The standard InChI is InChI=1S/C28H27N3O2S/c1-19-8-7-11-25(20(19)2)31-27(33)23-9-3-4-10-24(23)29-28(31)34-18-21-12-14-22(15-13-21)26(32)30-16-5-6-17-30/h3-4,7-15H,5-6,16-18H2,1-2H3. The van der Waals surface area contributed by atoms with Crippen LogP contribution >= 0.6 is 11.8 Å². The molecule has 1 saturated heterocycles. The van der Waals surface area contributed by atoms with E-state index in [0.29, 0.717) is 21.8 Å². The van der Waals surface area contributed by atoms with Gasteiger partial charge in [-0.05, 0) is 73.7 Å². The number of aryl methyl sites for hydroxylation is 1. The number of benzene rings is 3. The van der Waals surface area contributed by atoms with Crippen molar-refractivity contribution in [2.45, 2.75) is 37.6 Å². The third kappa shape index (κ3) is 4.26. The van der Waals surface area contributed by atoms with Gasteiger partial charge in [0.2, 0.25) is 0 Å². The number of hydrogen-bond donors (Lipinski definition) is 0. The Morgan fingerprint density at radius 1 is 0.941 bits per heavy atom. The Labute approximate surface area is 203 Å². The van der Waals surface area contributed by atoms with Crippen molar-refractivity contribution >= 4 is 28.6 Å². The molecule has 0 saturated carbocycles. The number of rotatable bonds is 5. The summed E-state index contributed by atoms with van der Waals surface area (Å²) in [4.78, 5) is 33.0. The number of thioether (sulfide) groups is 1. The van der Waals surface area contributed by atoms with Gasteiger partial charge in [0, 0.05) is 24.4 Å². The molecule has 1 aliphatic rings. The molecular formula is C28H27N3O2S. The van der Waals surface area contributed by atoms with Crippen LogP contribution < -0.4 is 5.56 Å². The van der Waals surface area contributed by atoms with Crippen LogP contribution in [0.2, 0.25) is 0 Å². The number of amides is 1. The summed E-state index contributed by atoms with van der Waals surface area (Å²) in [6.45, 7) is 5.78. The minimum Gasteiger partial charge on any atom is -0.339 e. The first-order valence-corrected chi connectivity index (χ1v) is 12.6. The molecule has 5 nitrogen and oxygen atoms in total. The topological polar surface area (TPSA) is 55.2 Å². The first-order chi connectivity index (χ1) is 16.5. The molecule has 0 spiro atoms. The molecule has 3 aromatic carbocycles. The van der Waals surface area contributed by atoms with Crippen molar-refractivity contribution in [3.05, 3.63) is 99.3 Å². The predicted octanol–water partition coefficient (Wildman–Crippen LogP) is 5.53. The zero-order chi connectivity index (χ0) is 23.7. The molecule has 0 atom stereocenters. The molecule has 34 heavy (non-hydrogen) atoms. The SMILES string of the molecule is Cc1cccc(-n2c(SCc3ccc(C(=O)N4CCCC4)cc3)nc3ccccc3c2=O)c1C. The van der Waals surface area contributed by atoms with E-state index in [1.54, 1.807) is 4.57 Å². The average Bonchev–Trinajstić information content (AvgIpc) is 3.40. The van der Waals surface area contributed by atoms with Crippen LogP contribution in [0.15, 0.2) is 76.7 Å². The van der Waals surface area contributed by atoms with Crippen LogP contribution in [0, 0.1) is 13.8 Å². The van der Waals surface area contributed by atoms with Crippen molar-refractivity contribution in [3.63, 3.8) is 0 Å². The van der Waals surface area contributed by atoms with E-state index in [9.17, 15) is 9.59 Å². The van der Waals surface area contributed by atoms with E-state index in [2.05, 4.69) is 13.0 Å². The summed E-state index contributed by atoms with van der Waals surface area (Å²) in [6.07, 6.45) is 2.17. The van der Waals surface area contributed by atoms with Crippen LogP contribution in [0.5, 0.6) is 0 Å². The van der Waals surface area contributed by atoms with Gasteiger partial charge in [-0.3, -0.25) is 14.2 Å². The Balaban J connectivity index is 1.47. The third-order valence-electron chi connectivity index (χ3n) is 6.52. The minimum atomic E-state index is -0.0617. The predicted molar refractivity (Wildman–Crippen MR) is 138 cm³/mol. The van der Waals surface area contributed by atoms with Crippen LogP contribution in [0.4, 0.5) is 0 Å². The lowest BCUT2D eigenvalue weighted by molar-refractivity contribution is 0.0793. The summed E-state index contributed by atoms with van der Waals surface area (Å²) in [6, 6.07) is 21.3. The lowest BCUT2D eigenvalue weighted by Gasteiger charge is -2.17. The maximum Gasteiger partial charge on any atom is 0.266 e. The molecule has 0 bridgehead atoms. The molecule has 4 aromatic rings. The molecule has 1 aliphatic heterocycles. The van der Waals surface area contributed by atoms with Gasteiger partial charge >= 0.3 is 0 Å². The zero-order valence-corrected chi connectivity index (χ0v) is 20.3. The number of carbonyl (C=O) groups excluding carboxylic acids is 1. The highest BCUT2D eigenvalue weighted by Crippen LogP contribution is 2.27. The van der Waals surface area contributed by atoms with Crippen molar-refractivity contribution in [2.24, 2.45) is 0 Å². The smallest absolute Gasteiger partial charge is 0.266 e. The maximum atomic E-state index is 13.5. The van der Waals surface area contributed by atoms with Crippen molar-refractivity contribution in [3.8, 4) is 5.69 Å². The summed E-state index contributed by atoms with van der Waals surface area (Å²) in [7, 11) is 0. The number of para-hydroxylation sites is 1. The van der Waals surface area contributed by atoms with Gasteiger partial charge in [0.25, 0.3) is 11.5 Å². The zero-order valence-electron chi connectivity index (χ0n) is 19.5. The second-order valence-electron chi connectivity index (χ2n) is 8.76. The number of hydrogen-bond acceptors (Lipinski definition) is 4. The van der Waals surface area contributed by atoms with E-state index in [0.717, 1.165) is 53.9 Å². The lowest BCUT2D eigenvalue weighted by Crippen LogP contribution is -2.27. The second-order valence-corrected chi connectivity index (χ2v) is 9.70. The summed E-state index contributed by atoms with van der Waals surface area (Å²) in [5.74, 6) is 0.755. The van der Waals surface area contributed by atoms with Crippen LogP contribution in [-0.2, 0) is 5.75 Å². The van der Waals surface area contributed by atoms with Gasteiger partial charge < -0.3 is 4.90 Å². The van der Waals surface area contributed by atoms with Crippen LogP contribution in [-0.4, -0.2) is 33.4 Å². The monoisotopic (exact) mass is 469 g/mol. The van der Waals surface area contributed by atoms with Gasteiger partial charge in [-0.25, -0.2) is 4.98 Å². The molecular weight excluding hydrogens is 442 g/mol. The van der Waals surface area contributed by atoms with Crippen molar-refractivity contribution in [1.29, 1.82) is 0 Å². The largest absolute Gasteiger partial charge is 0.339 e. The van der Waals surface area contributed by atoms with Crippen molar-refractivity contribution in [1.82, 2.24) is 14.5 Å². The van der Waals surface area contributed by atoms with Gasteiger partial charge in [0.05, 0.1) is 16.6 Å². The maximum absolute atomic E-state index is 13.5. The van der Waals surface area contributed by atoms with Gasteiger partial charge in [0.15, 0.2) is 5.16 Å².